The summed E-state index contributed by atoms with van der Waals surface area (Å²) in [6, 6.07) is 13.6. The number of carbonyl (C=O) groups excluding carboxylic acids is 2. The number of hydrogen-bond donors (Lipinski definition) is 2. The van der Waals surface area contributed by atoms with Crippen LogP contribution < -0.4 is 15.5 Å². The molecule has 3 heterocycles. The van der Waals surface area contributed by atoms with Gasteiger partial charge >= 0.3 is 18.3 Å². The third-order valence-corrected chi connectivity index (χ3v) is 6.86. The molecule has 2 aliphatic rings. The van der Waals surface area contributed by atoms with Crippen LogP contribution in [0.1, 0.15) is 43.9 Å². The standard InChI is InChI=1S/C30H32F3N5O3/c1-29(2,3)41-28(40)37-15-12-19-17-23(9-8-21(19)18-37)35-27(39)38-14-5-13-34-25-11-10-24(36-26(25)38)20-6-4-7-22(16-20)30(31,32)33/h4,6-11,16-17,34H,5,12-15,18H2,1-3H3,(H,35,39). The van der Waals surface area contributed by atoms with Crippen molar-refractivity contribution in [1.82, 2.24) is 9.88 Å². The summed E-state index contributed by atoms with van der Waals surface area (Å²) in [7, 11) is 0. The monoisotopic (exact) mass is 567 g/mol. The Kier molecular flexibility index (Phi) is 7.54. The number of anilines is 3. The molecule has 0 unspecified atom stereocenters. The van der Waals surface area contributed by atoms with Gasteiger partial charge in [0.2, 0.25) is 0 Å². The number of urea groups is 1. The van der Waals surface area contributed by atoms with Crippen molar-refractivity contribution in [3.05, 3.63) is 71.3 Å². The maximum absolute atomic E-state index is 13.5. The average molecular weight is 568 g/mol. The lowest BCUT2D eigenvalue weighted by atomic mass is 9.99. The van der Waals surface area contributed by atoms with Gasteiger partial charge in [-0.25, -0.2) is 14.6 Å². The van der Waals surface area contributed by atoms with Crippen LogP contribution in [-0.2, 0) is 23.9 Å². The van der Waals surface area contributed by atoms with Crippen molar-refractivity contribution >= 4 is 29.3 Å². The summed E-state index contributed by atoms with van der Waals surface area (Å²) in [6.45, 7) is 7.42. The first-order chi connectivity index (χ1) is 19.4. The van der Waals surface area contributed by atoms with E-state index < -0.39 is 23.4 Å². The van der Waals surface area contributed by atoms with Gasteiger partial charge in [-0.1, -0.05) is 18.2 Å². The minimum absolute atomic E-state index is 0.308. The molecule has 2 aromatic carbocycles. The van der Waals surface area contributed by atoms with Crippen LogP contribution in [0.5, 0.6) is 0 Å². The van der Waals surface area contributed by atoms with Crippen molar-refractivity contribution in [3.8, 4) is 11.3 Å². The molecule has 41 heavy (non-hydrogen) atoms. The van der Waals surface area contributed by atoms with Crippen molar-refractivity contribution < 1.29 is 27.5 Å². The largest absolute Gasteiger partial charge is 0.444 e. The van der Waals surface area contributed by atoms with E-state index >= 15 is 0 Å². The third kappa shape index (κ3) is 6.55. The molecule has 2 N–H and O–H groups in total. The number of rotatable bonds is 2. The maximum atomic E-state index is 13.5. The summed E-state index contributed by atoms with van der Waals surface area (Å²) in [5, 5.41) is 6.20. The van der Waals surface area contributed by atoms with Gasteiger partial charge in [-0.05, 0) is 81.1 Å². The highest BCUT2D eigenvalue weighted by Crippen LogP contribution is 2.34. The molecule has 8 nitrogen and oxygen atoms in total. The first-order valence-electron chi connectivity index (χ1n) is 13.5. The van der Waals surface area contributed by atoms with Gasteiger partial charge in [-0.15, -0.1) is 0 Å². The van der Waals surface area contributed by atoms with Crippen molar-refractivity contribution in [2.24, 2.45) is 0 Å². The van der Waals surface area contributed by atoms with Gasteiger partial charge in [0.1, 0.15) is 5.60 Å². The Bertz CT molecular complexity index is 1470. The van der Waals surface area contributed by atoms with E-state index in [4.69, 9.17) is 4.74 Å². The van der Waals surface area contributed by atoms with E-state index in [1.54, 1.807) is 29.2 Å². The Labute approximate surface area is 236 Å². The number of nitrogens with zero attached hydrogens (tertiary/aromatic N) is 3. The Morgan fingerprint density at radius 1 is 1.00 bits per heavy atom. The summed E-state index contributed by atoms with van der Waals surface area (Å²) >= 11 is 0. The Balaban J connectivity index is 1.34. The minimum atomic E-state index is -4.47. The maximum Gasteiger partial charge on any atom is 0.416 e. The number of alkyl halides is 3. The normalized spacial score (nSPS) is 15.3. The quantitative estimate of drug-likeness (QED) is 0.351. The zero-order valence-electron chi connectivity index (χ0n) is 23.1. The summed E-state index contributed by atoms with van der Waals surface area (Å²) in [6.07, 6.45) is -3.55. The number of benzene rings is 2. The van der Waals surface area contributed by atoms with E-state index in [0.29, 0.717) is 67.5 Å². The second-order valence-electron chi connectivity index (χ2n) is 11.1. The number of amides is 3. The number of pyridine rings is 1. The molecule has 0 saturated carbocycles. The van der Waals surface area contributed by atoms with Crippen LogP contribution in [0.25, 0.3) is 11.3 Å². The smallest absolute Gasteiger partial charge is 0.416 e. The second kappa shape index (κ2) is 10.9. The summed E-state index contributed by atoms with van der Waals surface area (Å²) in [5.74, 6) is 0.348. The summed E-state index contributed by atoms with van der Waals surface area (Å²) < 4.78 is 45.4. The molecule has 0 atom stereocenters. The van der Waals surface area contributed by atoms with Gasteiger partial charge in [0, 0.05) is 37.4 Å². The van der Waals surface area contributed by atoms with Gasteiger partial charge in [0.05, 0.1) is 16.9 Å². The Morgan fingerprint density at radius 3 is 2.56 bits per heavy atom. The van der Waals surface area contributed by atoms with Gasteiger partial charge < -0.3 is 20.3 Å². The molecular formula is C30H32F3N5O3. The minimum Gasteiger partial charge on any atom is -0.444 e. The topological polar surface area (TPSA) is 86.8 Å². The second-order valence-corrected chi connectivity index (χ2v) is 11.1. The number of ether oxygens (including phenoxy) is 1. The van der Waals surface area contributed by atoms with Gasteiger partial charge in [-0.2, -0.15) is 13.2 Å². The lowest BCUT2D eigenvalue weighted by molar-refractivity contribution is -0.137. The number of hydrogen-bond acceptors (Lipinski definition) is 5. The predicted molar refractivity (Wildman–Crippen MR) is 151 cm³/mol. The number of carbonyl (C=O) groups is 2. The highest BCUT2D eigenvalue weighted by molar-refractivity contribution is 6.03. The molecule has 2 aliphatic heterocycles. The molecule has 0 aliphatic carbocycles. The van der Waals surface area contributed by atoms with E-state index in [1.807, 2.05) is 32.9 Å². The van der Waals surface area contributed by atoms with Crippen LogP contribution in [0.4, 0.5) is 40.0 Å². The van der Waals surface area contributed by atoms with Crippen molar-refractivity contribution in [2.75, 3.05) is 35.2 Å². The van der Waals surface area contributed by atoms with Crippen LogP contribution in [0.15, 0.2) is 54.6 Å². The molecule has 216 valence electrons. The summed E-state index contributed by atoms with van der Waals surface area (Å²) in [5.41, 5.74) is 2.55. The van der Waals surface area contributed by atoms with Crippen molar-refractivity contribution in [1.29, 1.82) is 0 Å². The lowest BCUT2D eigenvalue weighted by Crippen LogP contribution is -2.40. The van der Waals surface area contributed by atoms with E-state index in [9.17, 15) is 22.8 Å². The highest BCUT2D eigenvalue weighted by atomic mass is 19.4. The van der Waals surface area contributed by atoms with Crippen LogP contribution in [-0.4, -0.2) is 47.2 Å². The van der Waals surface area contributed by atoms with E-state index in [1.165, 1.54) is 11.0 Å². The van der Waals surface area contributed by atoms with Gasteiger partial charge in [0.25, 0.3) is 0 Å². The van der Waals surface area contributed by atoms with Crippen LogP contribution in [0.3, 0.4) is 0 Å². The third-order valence-electron chi connectivity index (χ3n) is 6.86. The molecule has 0 fully saturated rings. The molecular weight excluding hydrogens is 535 g/mol. The average Bonchev–Trinajstić information content (AvgIpc) is 3.13. The van der Waals surface area contributed by atoms with E-state index in [-0.39, 0.29) is 6.09 Å². The van der Waals surface area contributed by atoms with E-state index in [2.05, 4.69) is 15.6 Å². The fourth-order valence-electron chi connectivity index (χ4n) is 4.88. The first kappa shape index (κ1) is 28.3. The van der Waals surface area contributed by atoms with E-state index in [0.717, 1.165) is 23.3 Å². The Hall–Kier alpha value is -4.28. The zero-order chi connectivity index (χ0) is 29.4. The molecule has 0 bridgehead atoms. The lowest BCUT2D eigenvalue weighted by Gasteiger charge is -2.31. The summed E-state index contributed by atoms with van der Waals surface area (Å²) in [4.78, 5) is 33.8. The molecule has 11 heteroatoms. The van der Waals surface area contributed by atoms with Crippen LogP contribution in [0.2, 0.25) is 0 Å². The number of aromatic nitrogens is 1. The molecule has 3 aromatic rings. The molecule has 1 aromatic heterocycles. The highest BCUT2D eigenvalue weighted by Gasteiger charge is 2.31. The zero-order valence-corrected chi connectivity index (χ0v) is 23.1. The number of nitrogens with one attached hydrogen (secondary N) is 2. The van der Waals surface area contributed by atoms with Crippen LogP contribution >= 0.6 is 0 Å². The fraction of sp³-hybridized carbons (Fsp3) is 0.367. The van der Waals surface area contributed by atoms with Crippen molar-refractivity contribution in [3.63, 3.8) is 0 Å². The molecule has 3 amide bonds. The Morgan fingerprint density at radius 2 is 1.80 bits per heavy atom. The molecule has 0 spiro atoms. The first-order valence-corrected chi connectivity index (χ1v) is 13.5. The molecule has 0 radical (unpaired) electrons. The fourth-order valence-corrected chi connectivity index (χ4v) is 4.88. The van der Waals surface area contributed by atoms with Gasteiger partial charge in [0.15, 0.2) is 5.82 Å². The van der Waals surface area contributed by atoms with Crippen molar-refractivity contribution in [2.45, 2.75) is 51.9 Å². The SMILES string of the molecule is CC(C)(C)OC(=O)N1CCc2cc(NC(=O)N3CCCNc4ccc(-c5cccc(C(F)(F)F)c5)nc43)ccc2C1. The van der Waals surface area contributed by atoms with Crippen LogP contribution in [0, 0.1) is 0 Å². The number of fused-ring (bicyclic) bond motifs is 2. The number of halogens is 3. The molecule has 0 saturated heterocycles. The van der Waals surface area contributed by atoms with Gasteiger partial charge in [-0.3, -0.25) is 4.90 Å². The predicted octanol–water partition coefficient (Wildman–Crippen LogP) is 6.91. The molecule has 5 rings (SSSR count).